The molecule has 126 valence electrons. The van der Waals surface area contributed by atoms with Crippen molar-refractivity contribution in [2.24, 2.45) is 0 Å². The molecule has 3 rings (SSSR count). The Balaban J connectivity index is 1.77. The van der Waals surface area contributed by atoms with E-state index in [0.717, 1.165) is 16.7 Å². The van der Waals surface area contributed by atoms with E-state index in [9.17, 15) is 4.79 Å². The molecule has 0 atom stereocenters. The van der Waals surface area contributed by atoms with Crippen molar-refractivity contribution in [2.45, 2.75) is 6.61 Å². The number of hydrogen-bond donors (Lipinski definition) is 1. The van der Waals surface area contributed by atoms with Gasteiger partial charge in [0.05, 0.1) is 12.7 Å². The normalized spacial score (nSPS) is 10.3. The number of carboxylic acids is 1. The number of nitrogens with zero attached hydrogens (tertiary/aromatic N) is 1. The molecular weight excluding hydrogens is 318 g/mol. The summed E-state index contributed by atoms with van der Waals surface area (Å²) in [4.78, 5) is 15.4. The Morgan fingerprint density at radius 2 is 1.88 bits per heavy atom. The molecule has 0 saturated heterocycles. The zero-order valence-corrected chi connectivity index (χ0v) is 13.7. The van der Waals surface area contributed by atoms with Gasteiger partial charge in [-0.25, -0.2) is 9.78 Å². The van der Waals surface area contributed by atoms with Gasteiger partial charge in [0.2, 0.25) is 5.88 Å². The molecule has 0 spiro atoms. The van der Waals surface area contributed by atoms with Crippen LogP contribution >= 0.6 is 0 Å². The van der Waals surface area contributed by atoms with Gasteiger partial charge in [0.25, 0.3) is 0 Å². The first-order valence-corrected chi connectivity index (χ1v) is 7.72. The Bertz CT molecular complexity index is 861. The molecule has 0 fully saturated rings. The number of rotatable bonds is 6. The van der Waals surface area contributed by atoms with Crippen molar-refractivity contribution in [2.75, 3.05) is 7.11 Å². The Labute approximate surface area is 145 Å². The molecule has 0 saturated carbocycles. The molecule has 2 aromatic carbocycles. The number of aromatic nitrogens is 1. The van der Waals surface area contributed by atoms with Crippen LogP contribution in [0.25, 0.3) is 11.1 Å². The first kappa shape index (κ1) is 16.5. The Hall–Kier alpha value is -3.34. The first-order valence-electron chi connectivity index (χ1n) is 7.72. The van der Waals surface area contributed by atoms with Gasteiger partial charge < -0.3 is 14.6 Å². The summed E-state index contributed by atoms with van der Waals surface area (Å²) in [6.45, 7) is 0.448. The third-order valence-electron chi connectivity index (χ3n) is 3.73. The molecule has 5 heteroatoms. The lowest BCUT2D eigenvalue weighted by Crippen LogP contribution is -1.99. The van der Waals surface area contributed by atoms with E-state index in [2.05, 4.69) is 4.98 Å². The van der Waals surface area contributed by atoms with Crippen LogP contribution in [0.1, 0.15) is 15.9 Å². The number of ether oxygens (including phenoxy) is 2. The van der Waals surface area contributed by atoms with E-state index in [0.29, 0.717) is 18.2 Å². The molecule has 5 nitrogen and oxygen atoms in total. The second-order valence-electron chi connectivity index (χ2n) is 5.38. The molecule has 0 aliphatic rings. The third-order valence-corrected chi connectivity index (χ3v) is 3.73. The lowest BCUT2D eigenvalue weighted by Gasteiger charge is -2.10. The molecule has 1 heterocycles. The number of pyridine rings is 1. The molecule has 25 heavy (non-hydrogen) atoms. The summed E-state index contributed by atoms with van der Waals surface area (Å²) in [5, 5.41) is 9.07. The van der Waals surface area contributed by atoms with Crippen LogP contribution in [-0.4, -0.2) is 23.2 Å². The zero-order chi connectivity index (χ0) is 17.6. The molecular formula is C20H17NO4. The van der Waals surface area contributed by atoms with Gasteiger partial charge in [-0.15, -0.1) is 0 Å². The Morgan fingerprint density at radius 1 is 1.08 bits per heavy atom. The van der Waals surface area contributed by atoms with Crippen LogP contribution in [0.15, 0.2) is 66.9 Å². The molecule has 1 aromatic heterocycles. The average Bonchev–Trinajstić information content (AvgIpc) is 2.67. The summed E-state index contributed by atoms with van der Waals surface area (Å²) in [5.74, 6) is 0.0148. The number of carboxylic acid groups (broad SMARTS) is 1. The van der Waals surface area contributed by atoms with E-state index in [1.165, 1.54) is 13.2 Å². The van der Waals surface area contributed by atoms with E-state index in [1.54, 1.807) is 24.4 Å². The predicted molar refractivity (Wildman–Crippen MR) is 94.0 cm³/mol. The summed E-state index contributed by atoms with van der Waals surface area (Å²) in [6.07, 6.45) is 1.68. The Morgan fingerprint density at radius 3 is 2.52 bits per heavy atom. The maximum absolute atomic E-state index is 11.1. The number of benzene rings is 2. The van der Waals surface area contributed by atoms with Gasteiger partial charge in [-0.1, -0.05) is 30.3 Å². The van der Waals surface area contributed by atoms with Gasteiger partial charge in [-0.05, 0) is 29.8 Å². The highest BCUT2D eigenvalue weighted by atomic mass is 16.5. The standard InChI is InChI=1S/C20H17NO4/c1-24-18-11-15(20(22)23)7-9-17(18)16-8-10-19(21-12-16)25-13-14-5-3-2-4-6-14/h2-12H,13H2,1H3,(H,22,23). The maximum Gasteiger partial charge on any atom is 0.335 e. The van der Waals surface area contributed by atoms with Gasteiger partial charge in [-0.3, -0.25) is 0 Å². The second-order valence-corrected chi connectivity index (χ2v) is 5.38. The molecule has 0 unspecified atom stereocenters. The number of hydrogen-bond acceptors (Lipinski definition) is 4. The van der Waals surface area contributed by atoms with Crippen molar-refractivity contribution in [1.82, 2.24) is 4.98 Å². The van der Waals surface area contributed by atoms with Crippen LogP contribution in [0.2, 0.25) is 0 Å². The smallest absolute Gasteiger partial charge is 0.335 e. The van der Waals surface area contributed by atoms with E-state index < -0.39 is 5.97 Å². The summed E-state index contributed by atoms with van der Waals surface area (Å²) < 4.78 is 11.0. The largest absolute Gasteiger partial charge is 0.496 e. The highest BCUT2D eigenvalue weighted by molar-refractivity contribution is 5.89. The molecule has 0 amide bonds. The fourth-order valence-corrected chi connectivity index (χ4v) is 2.42. The SMILES string of the molecule is COc1cc(C(=O)O)ccc1-c1ccc(OCc2ccccc2)nc1. The van der Waals surface area contributed by atoms with Crippen molar-refractivity contribution >= 4 is 5.97 Å². The van der Waals surface area contributed by atoms with Gasteiger partial charge in [0, 0.05) is 23.4 Å². The summed E-state index contributed by atoms with van der Waals surface area (Å²) in [7, 11) is 1.51. The van der Waals surface area contributed by atoms with E-state index >= 15 is 0 Å². The van der Waals surface area contributed by atoms with Crippen LogP contribution in [0.4, 0.5) is 0 Å². The topological polar surface area (TPSA) is 68.7 Å². The average molecular weight is 335 g/mol. The van der Waals surface area contributed by atoms with E-state index in [4.69, 9.17) is 14.6 Å². The highest BCUT2D eigenvalue weighted by Crippen LogP contribution is 2.31. The van der Waals surface area contributed by atoms with Crippen molar-refractivity contribution in [3.8, 4) is 22.8 Å². The summed E-state index contributed by atoms with van der Waals surface area (Å²) >= 11 is 0. The van der Waals surface area contributed by atoms with Crippen molar-refractivity contribution in [3.63, 3.8) is 0 Å². The van der Waals surface area contributed by atoms with Gasteiger partial charge >= 0.3 is 5.97 Å². The fourth-order valence-electron chi connectivity index (χ4n) is 2.42. The zero-order valence-electron chi connectivity index (χ0n) is 13.7. The second kappa shape index (κ2) is 7.49. The molecule has 0 bridgehead atoms. The van der Waals surface area contributed by atoms with Crippen LogP contribution in [0, 0.1) is 0 Å². The van der Waals surface area contributed by atoms with Crippen LogP contribution < -0.4 is 9.47 Å². The van der Waals surface area contributed by atoms with Gasteiger partial charge in [0.1, 0.15) is 12.4 Å². The monoisotopic (exact) mass is 335 g/mol. The number of aromatic carboxylic acids is 1. The van der Waals surface area contributed by atoms with Crippen molar-refractivity contribution in [1.29, 1.82) is 0 Å². The van der Waals surface area contributed by atoms with Gasteiger partial charge in [-0.2, -0.15) is 0 Å². The lowest BCUT2D eigenvalue weighted by atomic mass is 10.0. The van der Waals surface area contributed by atoms with Crippen molar-refractivity contribution < 1.29 is 19.4 Å². The number of carbonyl (C=O) groups is 1. The van der Waals surface area contributed by atoms with Crippen molar-refractivity contribution in [3.05, 3.63) is 78.0 Å². The van der Waals surface area contributed by atoms with E-state index in [1.807, 2.05) is 36.4 Å². The van der Waals surface area contributed by atoms with Gasteiger partial charge in [0.15, 0.2) is 0 Å². The van der Waals surface area contributed by atoms with E-state index in [-0.39, 0.29) is 5.56 Å². The fraction of sp³-hybridized carbons (Fsp3) is 0.100. The molecule has 3 aromatic rings. The minimum atomic E-state index is -0.993. The minimum absolute atomic E-state index is 0.177. The third kappa shape index (κ3) is 3.95. The van der Waals surface area contributed by atoms with Crippen LogP contribution in [0.5, 0.6) is 11.6 Å². The minimum Gasteiger partial charge on any atom is -0.496 e. The number of methoxy groups -OCH3 is 1. The Kier molecular flexibility index (Phi) is 4.95. The quantitative estimate of drug-likeness (QED) is 0.736. The summed E-state index contributed by atoms with van der Waals surface area (Å²) in [5.41, 5.74) is 2.84. The summed E-state index contributed by atoms with van der Waals surface area (Å²) in [6, 6.07) is 18.3. The first-order chi connectivity index (χ1) is 12.2. The lowest BCUT2D eigenvalue weighted by molar-refractivity contribution is 0.0696. The van der Waals surface area contributed by atoms with Crippen LogP contribution in [-0.2, 0) is 6.61 Å². The highest BCUT2D eigenvalue weighted by Gasteiger charge is 2.11. The molecule has 0 aliphatic carbocycles. The predicted octanol–water partition coefficient (Wildman–Crippen LogP) is 4.03. The molecule has 1 N–H and O–H groups in total. The van der Waals surface area contributed by atoms with Crippen LogP contribution in [0.3, 0.4) is 0 Å². The molecule has 0 aliphatic heterocycles. The maximum atomic E-state index is 11.1. The molecule has 0 radical (unpaired) electrons.